The summed E-state index contributed by atoms with van der Waals surface area (Å²) in [6.07, 6.45) is 1.01. The van der Waals surface area contributed by atoms with E-state index in [9.17, 15) is 8.78 Å². The molecule has 59 valence electrons. The van der Waals surface area contributed by atoms with Crippen molar-refractivity contribution in [1.82, 2.24) is 0 Å². The van der Waals surface area contributed by atoms with Crippen molar-refractivity contribution >= 4 is 0 Å². The van der Waals surface area contributed by atoms with E-state index in [2.05, 4.69) is 6.92 Å². The van der Waals surface area contributed by atoms with Crippen LogP contribution in [0.5, 0.6) is 0 Å². The Morgan fingerprint density at radius 2 is 1.60 bits per heavy atom. The molecule has 1 rings (SSSR count). The zero-order valence-electron chi connectivity index (χ0n) is 6.02. The molecule has 0 heterocycles. The van der Waals surface area contributed by atoms with Crippen LogP contribution in [0.1, 0.15) is 25.7 Å². The molecule has 0 aromatic rings. The first-order chi connectivity index (χ1) is 4.70. The van der Waals surface area contributed by atoms with Crippen molar-refractivity contribution in [1.29, 1.82) is 0 Å². The van der Waals surface area contributed by atoms with Gasteiger partial charge in [0.05, 0.1) is 0 Å². The minimum absolute atomic E-state index is 0.335. The van der Waals surface area contributed by atoms with Crippen LogP contribution in [0.15, 0.2) is 0 Å². The summed E-state index contributed by atoms with van der Waals surface area (Å²) in [7, 11) is 0. The largest absolute Gasteiger partial charge is 0.241 e. The van der Waals surface area contributed by atoms with Crippen molar-refractivity contribution in [2.45, 2.75) is 32.1 Å². The van der Waals surface area contributed by atoms with E-state index in [1.54, 1.807) is 0 Å². The summed E-state index contributed by atoms with van der Waals surface area (Å²) in [4.78, 5) is 0. The van der Waals surface area contributed by atoms with Crippen LogP contribution >= 0.6 is 0 Å². The maximum absolute atomic E-state index is 12.0. The monoisotopic (exact) mass is 147 g/mol. The summed E-state index contributed by atoms with van der Waals surface area (Å²) in [5, 5.41) is 0. The topological polar surface area (TPSA) is 0 Å². The third kappa shape index (κ3) is 1.93. The number of hydrogen-bond donors (Lipinski definition) is 0. The van der Waals surface area contributed by atoms with Gasteiger partial charge in [0.1, 0.15) is 0 Å². The molecule has 0 aromatic heterocycles. The molecule has 1 saturated carbocycles. The molecule has 0 N–H and O–H groups in total. The van der Waals surface area contributed by atoms with Gasteiger partial charge in [-0.15, -0.1) is 0 Å². The van der Waals surface area contributed by atoms with Gasteiger partial charge in [0.2, 0.25) is 6.43 Å². The van der Waals surface area contributed by atoms with Crippen LogP contribution in [0.4, 0.5) is 8.78 Å². The fourth-order valence-corrected chi connectivity index (χ4v) is 1.44. The number of hydrogen-bond acceptors (Lipinski definition) is 0. The first kappa shape index (κ1) is 7.96. The Kier molecular flexibility index (Phi) is 2.64. The molecule has 2 heteroatoms. The first-order valence-corrected chi connectivity index (χ1v) is 3.81. The smallest absolute Gasteiger partial charge is 0.210 e. The van der Waals surface area contributed by atoms with Gasteiger partial charge in [-0.1, -0.05) is 6.92 Å². The van der Waals surface area contributed by atoms with E-state index in [1.807, 2.05) is 0 Å². The van der Waals surface area contributed by atoms with Gasteiger partial charge in [0.15, 0.2) is 0 Å². The fourth-order valence-electron chi connectivity index (χ4n) is 1.44. The molecule has 1 fully saturated rings. The molecular formula is C8H13F2. The highest BCUT2D eigenvalue weighted by Crippen LogP contribution is 2.31. The van der Waals surface area contributed by atoms with E-state index in [-0.39, 0.29) is 5.92 Å². The molecule has 0 aromatic carbocycles. The summed E-state index contributed by atoms with van der Waals surface area (Å²) < 4.78 is 24.1. The summed E-state index contributed by atoms with van der Waals surface area (Å²) in [5.74, 6) is 0.0907. The maximum atomic E-state index is 12.0. The van der Waals surface area contributed by atoms with Gasteiger partial charge >= 0.3 is 0 Å². The van der Waals surface area contributed by atoms with E-state index < -0.39 is 6.43 Å². The Morgan fingerprint density at radius 1 is 1.10 bits per heavy atom. The average Bonchev–Trinajstić information content (AvgIpc) is 1.88. The van der Waals surface area contributed by atoms with Crippen LogP contribution in [0, 0.1) is 18.8 Å². The Labute approximate surface area is 60.6 Å². The lowest BCUT2D eigenvalue weighted by molar-refractivity contribution is 0.0504. The van der Waals surface area contributed by atoms with Crippen molar-refractivity contribution in [3.8, 4) is 0 Å². The molecule has 0 saturated heterocycles. The van der Waals surface area contributed by atoms with Crippen molar-refractivity contribution in [2.75, 3.05) is 0 Å². The SMILES string of the molecule is [CH2]C1CCC(C(F)F)CC1. The summed E-state index contributed by atoms with van der Waals surface area (Å²) in [6.45, 7) is 3.85. The third-order valence-electron chi connectivity index (χ3n) is 2.25. The maximum Gasteiger partial charge on any atom is 0.241 e. The van der Waals surface area contributed by atoms with Gasteiger partial charge in [-0.2, -0.15) is 0 Å². The van der Waals surface area contributed by atoms with E-state index in [1.165, 1.54) is 0 Å². The Balaban J connectivity index is 2.26. The minimum Gasteiger partial charge on any atom is -0.210 e. The molecule has 0 unspecified atom stereocenters. The summed E-state index contributed by atoms with van der Waals surface area (Å²) in [5.41, 5.74) is 0. The molecule has 1 aliphatic rings. The van der Waals surface area contributed by atoms with Gasteiger partial charge in [0.25, 0.3) is 0 Å². The second-order valence-electron chi connectivity index (χ2n) is 3.12. The molecule has 0 aliphatic heterocycles. The third-order valence-corrected chi connectivity index (χ3v) is 2.25. The lowest BCUT2D eigenvalue weighted by Crippen LogP contribution is -2.18. The van der Waals surface area contributed by atoms with E-state index >= 15 is 0 Å². The highest BCUT2D eigenvalue weighted by molar-refractivity contribution is 4.74. The lowest BCUT2D eigenvalue weighted by Gasteiger charge is -2.24. The lowest BCUT2D eigenvalue weighted by atomic mass is 9.83. The highest BCUT2D eigenvalue weighted by Gasteiger charge is 2.25. The second kappa shape index (κ2) is 3.31. The van der Waals surface area contributed by atoms with Crippen molar-refractivity contribution in [2.24, 2.45) is 11.8 Å². The molecule has 0 nitrogen and oxygen atoms in total. The van der Waals surface area contributed by atoms with Gasteiger partial charge in [-0.25, -0.2) is 8.78 Å². The van der Waals surface area contributed by atoms with Crippen molar-refractivity contribution < 1.29 is 8.78 Å². The van der Waals surface area contributed by atoms with E-state index in [0.29, 0.717) is 18.8 Å². The highest BCUT2D eigenvalue weighted by atomic mass is 19.3. The second-order valence-corrected chi connectivity index (χ2v) is 3.12. The summed E-state index contributed by atoms with van der Waals surface area (Å²) >= 11 is 0. The van der Waals surface area contributed by atoms with Gasteiger partial charge in [-0.05, 0) is 31.6 Å². The quantitative estimate of drug-likeness (QED) is 0.535. The predicted molar refractivity (Wildman–Crippen MR) is 36.8 cm³/mol. The standard InChI is InChI=1S/C8H13F2/c1-6-2-4-7(5-3-6)8(9)10/h6-8H,1-5H2. The molecule has 0 amide bonds. The Bertz CT molecular complexity index is 93.4. The van der Waals surface area contributed by atoms with E-state index in [0.717, 1.165) is 12.8 Å². The van der Waals surface area contributed by atoms with Gasteiger partial charge < -0.3 is 0 Å². The molecule has 0 atom stereocenters. The van der Waals surface area contributed by atoms with Crippen LogP contribution in [0.3, 0.4) is 0 Å². The molecule has 1 radical (unpaired) electrons. The number of alkyl halides is 2. The van der Waals surface area contributed by atoms with E-state index in [4.69, 9.17) is 0 Å². The molecule has 0 spiro atoms. The number of halogens is 2. The van der Waals surface area contributed by atoms with Crippen molar-refractivity contribution in [3.63, 3.8) is 0 Å². The zero-order valence-corrected chi connectivity index (χ0v) is 6.02. The van der Waals surface area contributed by atoms with Gasteiger partial charge in [0, 0.05) is 5.92 Å². The molecule has 1 aliphatic carbocycles. The number of rotatable bonds is 1. The Morgan fingerprint density at radius 3 is 2.00 bits per heavy atom. The first-order valence-electron chi connectivity index (χ1n) is 3.81. The minimum atomic E-state index is -2.10. The fraction of sp³-hybridized carbons (Fsp3) is 0.875. The van der Waals surface area contributed by atoms with Crippen molar-refractivity contribution in [3.05, 3.63) is 6.92 Å². The molecule has 0 bridgehead atoms. The summed E-state index contributed by atoms with van der Waals surface area (Å²) in [6, 6.07) is 0. The molecular weight excluding hydrogens is 134 g/mol. The van der Waals surface area contributed by atoms with Crippen LogP contribution in [0.25, 0.3) is 0 Å². The normalized spacial score (nSPS) is 34.8. The van der Waals surface area contributed by atoms with Gasteiger partial charge in [-0.3, -0.25) is 0 Å². The zero-order chi connectivity index (χ0) is 7.56. The molecule has 10 heavy (non-hydrogen) atoms. The average molecular weight is 147 g/mol. The Hall–Kier alpha value is -0.140. The van der Waals surface area contributed by atoms with Crippen LogP contribution in [-0.4, -0.2) is 6.43 Å². The van der Waals surface area contributed by atoms with Crippen LogP contribution in [-0.2, 0) is 0 Å². The van der Waals surface area contributed by atoms with Crippen LogP contribution in [0.2, 0.25) is 0 Å². The predicted octanol–water partition coefficient (Wildman–Crippen LogP) is 2.89. The van der Waals surface area contributed by atoms with Crippen LogP contribution < -0.4 is 0 Å².